The number of fused-ring (bicyclic) bond motifs is 1. The molecule has 0 radical (unpaired) electrons. The largest absolute Gasteiger partial charge is 0.467 e. The van der Waals surface area contributed by atoms with Gasteiger partial charge in [0.15, 0.2) is 0 Å². The van der Waals surface area contributed by atoms with Crippen molar-refractivity contribution in [3.63, 3.8) is 0 Å². The number of nitrogens with one attached hydrogen (secondary N) is 1. The summed E-state index contributed by atoms with van der Waals surface area (Å²) in [5.41, 5.74) is 1.57. The lowest BCUT2D eigenvalue weighted by Gasteiger charge is -2.11. The molecule has 0 amide bonds. The van der Waals surface area contributed by atoms with Crippen molar-refractivity contribution >= 4 is 11.3 Å². The van der Waals surface area contributed by atoms with Crippen molar-refractivity contribution in [1.29, 1.82) is 0 Å². The van der Waals surface area contributed by atoms with Gasteiger partial charge in [0, 0.05) is 9.75 Å². The van der Waals surface area contributed by atoms with E-state index in [1.165, 1.54) is 37.0 Å². The summed E-state index contributed by atoms with van der Waals surface area (Å²) in [6.07, 6.45) is 8.32. The molecule has 1 atom stereocenters. The molecule has 0 saturated heterocycles. The van der Waals surface area contributed by atoms with E-state index < -0.39 is 0 Å². The number of rotatable bonds is 3. The molecule has 3 rings (SSSR count). The summed E-state index contributed by atoms with van der Waals surface area (Å²) >= 11 is 1.96. The smallest absolute Gasteiger partial charge is 0.126 e. The van der Waals surface area contributed by atoms with Crippen LogP contribution in [0.5, 0.6) is 0 Å². The fraction of sp³-hybridized carbons (Fsp3) is 0.467. The molecule has 0 fully saturated rings. The van der Waals surface area contributed by atoms with Crippen LogP contribution >= 0.6 is 11.3 Å². The van der Waals surface area contributed by atoms with Gasteiger partial charge < -0.3 is 9.73 Å². The van der Waals surface area contributed by atoms with Gasteiger partial charge in [-0.2, -0.15) is 0 Å². The molecule has 2 aromatic heterocycles. The molecule has 96 valence electrons. The highest BCUT2D eigenvalue weighted by Crippen LogP contribution is 2.34. The molecule has 0 aliphatic heterocycles. The van der Waals surface area contributed by atoms with Crippen LogP contribution in [-0.4, -0.2) is 7.05 Å². The van der Waals surface area contributed by atoms with E-state index in [2.05, 4.69) is 11.4 Å². The van der Waals surface area contributed by atoms with Crippen molar-refractivity contribution in [2.24, 2.45) is 0 Å². The second-order valence-corrected chi connectivity index (χ2v) is 6.06. The van der Waals surface area contributed by atoms with Gasteiger partial charge in [0.05, 0.1) is 6.26 Å². The molecular formula is C15H19NOS. The molecule has 3 heteroatoms. The van der Waals surface area contributed by atoms with Crippen LogP contribution < -0.4 is 5.32 Å². The van der Waals surface area contributed by atoms with Crippen LogP contribution in [0.3, 0.4) is 0 Å². The van der Waals surface area contributed by atoms with Crippen molar-refractivity contribution in [2.75, 3.05) is 7.05 Å². The van der Waals surface area contributed by atoms with Crippen LogP contribution in [0.2, 0.25) is 0 Å². The van der Waals surface area contributed by atoms with Crippen molar-refractivity contribution in [3.8, 4) is 0 Å². The first-order valence-corrected chi connectivity index (χ1v) is 7.52. The summed E-state index contributed by atoms with van der Waals surface area (Å²) in [4.78, 5) is 2.98. The number of hydrogen-bond donors (Lipinski definition) is 1. The molecule has 1 N–H and O–H groups in total. The third-order valence-corrected chi connectivity index (χ3v) is 4.97. The van der Waals surface area contributed by atoms with Crippen LogP contribution in [0.15, 0.2) is 28.9 Å². The number of hydrogen-bond acceptors (Lipinski definition) is 3. The summed E-state index contributed by atoms with van der Waals surface area (Å²) in [5.74, 6) is 1.01. The Labute approximate surface area is 112 Å². The third-order valence-electron chi connectivity index (χ3n) is 3.67. The van der Waals surface area contributed by atoms with E-state index in [1.54, 1.807) is 16.7 Å². The Morgan fingerprint density at radius 3 is 2.94 bits per heavy atom. The predicted molar refractivity (Wildman–Crippen MR) is 75.2 cm³/mol. The molecule has 1 aliphatic carbocycles. The molecule has 0 spiro atoms. The average Bonchev–Trinajstić information content (AvgIpc) is 2.98. The van der Waals surface area contributed by atoms with Crippen molar-refractivity contribution in [1.82, 2.24) is 5.32 Å². The Kier molecular flexibility index (Phi) is 3.52. The van der Waals surface area contributed by atoms with Crippen LogP contribution in [0, 0.1) is 0 Å². The predicted octanol–water partition coefficient (Wildman–Crippen LogP) is 3.92. The zero-order chi connectivity index (χ0) is 12.4. The van der Waals surface area contributed by atoms with E-state index in [4.69, 9.17) is 4.42 Å². The lowest BCUT2D eigenvalue weighted by atomic mass is 10.1. The quantitative estimate of drug-likeness (QED) is 0.847. The second kappa shape index (κ2) is 5.29. The fourth-order valence-corrected chi connectivity index (χ4v) is 4.09. The Hall–Kier alpha value is -1.06. The second-order valence-electron chi connectivity index (χ2n) is 4.89. The maximum Gasteiger partial charge on any atom is 0.126 e. The van der Waals surface area contributed by atoms with Crippen LogP contribution in [0.1, 0.15) is 46.4 Å². The van der Waals surface area contributed by atoms with Gasteiger partial charge in [-0.25, -0.2) is 0 Å². The minimum Gasteiger partial charge on any atom is -0.467 e. The fourth-order valence-electron chi connectivity index (χ4n) is 2.71. The van der Waals surface area contributed by atoms with Crippen molar-refractivity contribution in [2.45, 2.75) is 38.1 Å². The summed E-state index contributed by atoms with van der Waals surface area (Å²) in [7, 11) is 2.00. The van der Waals surface area contributed by atoms with E-state index in [9.17, 15) is 0 Å². The van der Waals surface area contributed by atoms with Gasteiger partial charge in [-0.1, -0.05) is 6.42 Å². The first kappa shape index (κ1) is 12.0. The van der Waals surface area contributed by atoms with Gasteiger partial charge in [-0.05, 0) is 56.5 Å². The van der Waals surface area contributed by atoms with Crippen molar-refractivity contribution < 1.29 is 4.42 Å². The third kappa shape index (κ3) is 2.25. The zero-order valence-electron chi connectivity index (χ0n) is 10.7. The number of furan rings is 1. The molecule has 0 saturated carbocycles. The van der Waals surface area contributed by atoms with Gasteiger partial charge in [0.2, 0.25) is 0 Å². The molecular weight excluding hydrogens is 242 g/mol. The molecule has 1 aliphatic rings. The standard InChI is InChI=1S/C15H19NOS/c1-16-15(12-7-5-9-17-12)14-10-11-6-3-2-4-8-13(11)18-14/h5,7,9-10,15-16H,2-4,6,8H2,1H3. The Balaban J connectivity index is 1.91. The SMILES string of the molecule is CNC(c1ccco1)c1cc2c(s1)CCCCC2. The summed E-state index contributed by atoms with van der Waals surface area (Å²) in [6, 6.07) is 6.59. The molecule has 2 nitrogen and oxygen atoms in total. The first-order chi connectivity index (χ1) is 8.88. The average molecular weight is 261 g/mol. The highest BCUT2D eigenvalue weighted by Gasteiger charge is 2.20. The maximum absolute atomic E-state index is 5.54. The van der Waals surface area contributed by atoms with Crippen molar-refractivity contribution in [3.05, 3.63) is 45.5 Å². The Morgan fingerprint density at radius 1 is 1.28 bits per heavy atom. The highest BCUT2D eigenvalue weighted by molar-refractivity contribution is 7.12. The van der Waals surface area contributed by atoms with Gasteiger partial charge in [-0.15, -0.1) is 11.3 Å². The zero-order valence-corrected chi connectivity index (χ0v) is 11.6. The lowest BCUT2D eigenvalue weighted by Crippen LogP contribution is -2.15. The number of aryl methyl sites for hydroxylation is 2. The Morgan fingerprint density at radius 2 is 2.17 bits per heavy atom. The van der Waals surface area contributed by atoms with Gasteiger partial charge in [0.25, 0.3) is 0 Å². The first-order valence-electron chi connectivity index (χ1n) is 6.70. The topological polar surface area (TPSA) is 25.2 Å². The van der Waals surface area contributed by atoms with Gasteiger partial charge in [-0.3, -0.25) is 0 Å². The van der Waals surface area contributed by atoms with E-state index in [1.807, 2.05) is 30.5 Å². The van der Waals surface area contributed by atoms with Crippen LogP contribution in [-0.2, 0) is 12.8 Å². The lowest BCUT2D eigenvalue weighted by molar-refractivity contribution is 0.466. The highest BCUT2D eigenvalue weighted by atomic mass is 32.1. The van der Waals surface area contributed by atoms with Crippen LogP contribution in [0.4, 0.5) is 0 Å². The minimum absolute atomic E-state index is 0.205. The molecule has 0 aromatic carbocycles. The molecule has 2 aromatic rings. The number of thiophene rings is 1. The summed E-state index contributed by atoms with van der Waals surface area (Å²) < 4.78 is 5.54. The minimum atomic E-state index is 0.205. The van der Waals surface area contributed by atoms with E-state index in [-0.39, 0.29) is 6.04 Å². The maximum atomic E-state index is 5.54. The Bertz CT molecular complexity index is 477. The molecule has 18 heavy (non-hydrogen) atoms. The monoisotopic (exact) mass is 261 g/mol. The van der Waals surface area contributed by atoms with Crippen LogP contribution in [0.25, 0.3) is 0 Å². The van der Waals surface area contributed by atoms with E-state index in [0.29, 0.717) is 0 Å². The molecule has 1 unspecified atom stereocenters. The summed E-state index contributed by atoms with van der Waals surface area (Å²) in [6.45, 7) is 0. The van der Waals surface area contributed by atoms with E-state index in [0.717, 1.165) is 5.76 Å². The summed E-state index contributed by atoms with van der Waals surface area (Å²) in [5, 5.41) is 3.36. The molecule has 2 heterocycles. The normalized spacial score (nSPS) is 17.2. The van der Waals surface area contributed by atoms with Gasteiger partial charge >= 0.3 is 0 Å². The molecule has 0 bridgehead atoms. The van der Waals surface area contributed by atoms with E-state index >= 15 is 0 Å². The van der Waals surface area contributed by atoms with Gasteiger partial charge in [0.1, 0.15) is 11.8 Å².